The summed E-state index contributed by atoms with van der Waals surface area (Å²) in [6, 6.07) is 9.23. The number of hydrogen-bond acceptors (Lipinski definition) is 3. The molecule has 4 heteroatoms. The average Bonchev–Trinajstić information content (AvgIpc) is 2.66. The maximum absolute atomic E-state index is 10.4. The van der Waals surface area contributed by atoms with Crippen LogP contribution in [0.3, 0.4) is 0 Å². The van der Waals surface area contributed by atoms with Crippen LogP contribution in [0.25, 0.3) is 10.4 Å². The number of aromatic nitrogens is 1. The van der Waals surface area contributed by atoms with Crippen LogP contribution in [0.4, 0.5) is 0 Å². The molecule has 1 aromatic carbocycles. The summed E-state index contributed by atoms with van der Waals surface area (Å²) in [5.41, 5.74) is 1.45. The van der Waals surface area contributed by atoms with E-state index in [1.165, 1.54) is 11.5 Å². The van der Waals surface area contributed by atoms with Gasteiger partial charge in [-0.1, -0.05) is 23.7 Å². The summed E-state index contributed by atoms with van der Waals surface area (Å²) in [5.74, 6) is 0. The highest BCUT2D eigenvalue weighted by molar-refractivity contribution is 7.09. The molecule has 0 radical (unpaired) electrons. The lowest BCUT2D eigenvalue weighted by Crippen LogP contribution is -1.74. The molecule has 1 heterocycles. The fourth-order valence-electron chi connectivity index (χ4n) is 1.12. The molecule has 0 aliphatic heterocycles. The first-order valence-corrected chi connectivity index (χ1v) is 5.12. The van der Waals surface area contributed by atoms with Crippen molar-refractivity contribution in [3.8, 4) is 10.4 Å². The van der Waals surface area contributed by atoms with Gasteiger partial charge in [-0.05, 0) is 35.3 Å². The molecule has 0 aliphatic carbocycles. The lowest BCUT2D eigenvalue weighted by atomic mass is 10.2. The highest BCUT2D eigenvalue weighted by Crippen LogP contribution is 2.26. The van der Waals surface area contributed by atoms with E-state index in [2.05, 4.69) is 4.37 Å². The number of rotatable bonds is 2. The molecular formula is C10H6ClNOS. The van der Waals surface area contributed by atoms with Gasteiger partial charge in [0, 0.05) is 5.02 Å². The van der Waals surface area contributed by atoms with Crippen molar-refractivity contribution in [2.75, 3.05) is 0 Å². The fourth-order valence-corrected chi connectivity index (χ4v) is 2.02. The van der Waals surface area contributed by atoms with Crippen molar-refractivity contribution in [3.63, 3.8) is 0 Å². The smallest absolute Gasteiger partial charge is 0.169 e. The average molecular weight is 224 g/mol. The maximum atomic E-state index is 10.4. The Labute approximate surface area is 90.3 Å². The van der Waals surface area contributed by atoms with Crippen molar-refractivity contribution in [2.45, 2.75) is 0 Å². The van der Waals surface area contributed by atoms with E-state index < -0.39 is 0 Å². The van der Waals surface area contributed by atoms with Crippen molar-refractivity contribution in [3.05, 3.63) is 41.0 Å². The van der Waals surface area contributed by atoms with E-state index in [1.807, 2.05) is 24.3 Å². The number of benzene rings is 1. The molecule has 2 aromatic rings. The van der Waals surface area contributed by atoms with Crippen molar-refractivity contribution in [1.82, 2.24) is 4.37 Å². The molecule has 0 N–H and O–H groups in total. The Bertz CT molecular complexity index is 467. The molecule has 0 atom stereocenters. The summed E-state index contributed by atoms with van der Waals surface area (Å²) in [5, 5.41) is 0.684. The van der Waals surface area contributed by atoms with Gasteiger partial charge >= 0.3 is 0 Å². The molecule has 0 spiro atoms. The molecule has 1 aromatic heterocycles. The fraction of sp³-hybridized carbons (Fsp3) is 0. The van der Waals surface area contributed by atoms with Gasteiger partial charge in [-0.25, -0.2) is 0 Å². The number of nitrogens with zero attached hydrogens (tertiary/aromatic N) is 1. The largest absolute Gasteiger partial charge is 0.296 e. The molecule has 0 aliphatic rings. The monoisotopic (exact) mass is 223 g/mol. The zero-order valence-corrected chi connectivity index (χ0v) is 8.68. The number of halogens is 1. The van der Waals surface area contributed by atoms with Crippen LogP contribution in [0.1, 0.15) is 10.5 Å². The summed E-state index contributed by atoms with van der Waals surface area (Å²) in [7, 11) is 0. The van der Waals surface area contributed by atoms with Gasteiger partial charge in [0.25, 0.3) is 0 Å². The third-order valence-corrected chi connectivity index (χ3v) is 2.85. The number of carbonyl (C=O) groups excluding carboxylic acids is 1. The van der Waals surface area contributed by atoms with Gasteiger partial charge in [0.1, 0.15) is 5.69 Å². The summed E-state index contributed by atoms with van der Waals surface area (Å²) in [6.45, 7) is 0. The predicted molar refractivity (Wildman–Crippen MR) is 57.9 cm³/mol. The standard InChI is InChI=1S/C10H6ClNOS/c11-8-3-1-2-7(4-8)10-5-9(6-13)12-14-10/h1-6H. The predicted octanol–water partition coefficient (Wildman–Crippen LogP) is 3.28. The summed E-state index contributed by atoms with van der Waals surface area (Å²) in [4.78, 5) is 11.4. The van der Waals surface area contributed by atoms with Crippen molar-refractivity contribution in [1.29, 1.82) is 0 Å². The molecule has 2 nitrogen and oxygen atoms in total. The quantitative estimate of drug-likeness (QED) is 0.732. The molecule has 14 heavy (non-hydrogen) atoms. The second-order valence-electron chi connectivity index (χ2n) is 2.74. The first-order valence-electron chi connectivity index (χ1n) is 3.97. The minimum atomic E-state index is 0.463. The second kappa shape index (κ2) is 3.90. The molecule has 70 valence electrons. The van der Waals surface area contributed by atoms with Crippen LogP contribution in [-0.4, -0.2) is 10.7 Å². The highest BCUT2D eigenvalue weighted by atomic mass is 35.5. The van der Waals surface area contributed by atoms with Crippen LogP contribution in [0.2, 0.25) is 5.02 Å². The Morgan fingerprint density at radius 2 is 2.21 bits per heavy atom. The first-order chi connectivity index (χ1) is 6.79. The molecule has 0 amide bonds. The number of hydrogen-bond donors (Lipinski definition) is 0. The Balaban J connectivity index is 2.43. The van der Waals surface area contributed by atoms with Crippen molar-refractivity contribution < 1.29 is 4.79 Å². The van der Waals surface area contributed by atoms with Gasteiger partial charge in [0.05, 0.1) is 4.88 Å². The van der Waals surface area contributed by atoms with E-state index in [4.69, 9.17) is 11.6 Å². The number of carbonyl (C=O) groups is 1. The Morgan fingerprint density at radius 3 is 2.86 bits per heavy atom. The normalized spacial score (nSPS) is 10.1. The van der Waals surface area contributed by atoms with Gasteiger partial charge < -0.3 is 0 Å². The van der Waals surface area contributed by atoms with Gasteiger partial charge in [0.15, 0.2) is 6.29 Å². The molecule has 0 bridgehead atoms. The zero-order chi connectivity index (χ0) is 9.97. The number of aldehydes is 1. The molecule has 0 unspecified atom stereocenters. The first kappa shape index (κ1) is 9.37. The van der Waals surface area contributed by atoms with Gasteiger partial charge in [-0.3, -0.25) is 4.79 Å². The van der Waals surface area contributed by atoms with E-state index >= 15 is 0 Å². The van der Waals surface area contributed by atoms with Crippen molar-refractivity contribution in [2.24, 2.45) is 0 Å². The summed E-state index contributed by atoms with van der Waals surface area (Å²) < 4.78 is 3.97. The van der Waals surface area contributed by atoms with E-state index in [9.17, 15) is 4.79 Å². The van der Waals surface area contributed by atoms with E-state index in [1.54, 1.807) is 6.07 Å². The molecule has 0 saturated heterocycles. The van der Waals surface area contributed by atoms with E-state index in [0.717, 1.165) is 16.7 Å². The van der Waals surface area contributed by atoms with Crippen LogP contribution in [-0.2, 0) is 0 Å². The van der Waals surface area contributed by atoms with Crippen LogP contribution < -0.4 is 0 Å². The van der Waals surface area contributed by atoms with Crippen LogP contribution in [0.15, 0.2) is 30.3 Å². The van der Waals surface area contributed by atoms with E-state index in [0.29, 0.717) is 10.7 Å². The topological polar surface area (TPSA) is 30.0 Å². The molecule has 0 saturated carbocycles. The van der Waals surface area contributed by atoms with Crippen molar-refractivity contribution >= 4 is 29.4 Å². The SMILES string of the molecule is O=Cc1cc(-c2cccc(Cl)c2)sn1. The van der Waals surface area contributed by atoms with Crippen LogP contribution in [0, 0.1) is 0 Å². The third-order valence-electron chi connectivity index (χ3n) is 1.76. The zero-order valence-electron chi connectivity index (χ0n) is 7.11. The minimum absolute atomic E-state index is 0.463. The maximum Gasteiger partial charge on any atom is 0.169 e. The Kier molecular flexibility index (Phi) is 2.61. The molecular weight excluding hydrogens is 218 g/mol. The Hall–Kier alpha value is -1.19. The van der Waals surface area contributed by atoms with Gasteiger partial charge in [-0.15, -0.1) is 0 Å². The molecule has 0 fully saturated rings. The minimum Gasteiger partial charge on any atom is -0.296 e. The highest BCUT2D eigenvalue weighted by Gasteiger charge is 2.03. The second-order valence-corrected chi connectivity index (χ2v) is 3.99. The lowest BCUT2D eigenvalue weighted by Gasteiger charge is -1.95. The summed E-state index contributed by atoms with van der Waals surface area (Å²) >= 11 is 7.15. The molecule has 2 rings (SSSR count). The van der Waals surface area contributed by atoms with Crippen LogP contribution in [0.5, 0.6) is 0 Å². The van der Waals surface area contributed by atoms with Crippen LogP contribution >= 0.6 is 23.1 Å². The van der Waals surface area contributed by atoms with Gasteiger partial charge in [-0.2, -0.15) is 4.37 Å². The summed E-state index contributed by atoms with van der Waals surface area (Å²) in [6.07, 6.45) is 0.741. The lowest BCUT2D eigenvalue weighted by molar-refractivity contribution is 0.112. The Morgan fingerprint density at radius 1 is 1.36 bits per heavy atom. The van der Waals surface area contributed by atoms with Gasteiger partial charge in [0.2, 0.25) is 0 Å². The van der Waals surface area contributed by atoms with E-state index in [-0.39, 0.29) is 0 Å². The third kappa shape index (κ3) is 1.84.